The largest absolute Gasteiger partial charge is 0.396 e. The standard InChI is InChI=1S/C15H25N3O/c1-3-12-4-7-15(19,8-5-12)10-18-14-13(16)11(2)6-9-17-14/h6,9,12,19H,3-5,7-8,10,16H2,1-2H3,(H,17,18). The predicted molar refractivity (Wildman–Crippen MR) is 79.1 cm³/mol. The number of nitrogens with zero attached hydrogens (tertiary/aromatic N) is 1. The maximum Gasteiger partial charge on any atom is 0.149 e. The number of hydrogen-bond donors (Lipinski definition) is 3. The summed E-state index contributed by atoms with van der Waals surface area (Å²) in [5.41, 5.74) is 7.06. The molecule has 1 aliphatic carbocycles. The van der Waals surface area contributed by atoms with Crippen LogP contribution in [-0.2, 0) is 0 Å². The van der Waals surface area contributed by atoms with Gasteiger partial charge in [-0.3, -0.25) is 0 Å². The van der Waals surface area contributed by atoms with Crippen LogP contribution in [0, 0.1) is 12.8 Å². The number of hydrogen-bond acceptors (Lipinski definition) is 4. The first-order valence-corrected chi connectivity index (χ1v) is 7.21. The Hall–Kier alpha value is -1.29. The zero-order valence-electron chi connectivity index (χ0n) is 11.9. The van der Waals surface area contributed by atoms with E-state index in [2.05, 4.69) is 17.2 Å². The second-order valence-corrected chi connectivity index (χ2v) is 5.82. The minimum absolute atomic E-state index is 0.532. The van der Waals surface area contributed by atoms with E-state index >= 15 is 0 Å². The zero-order chi connectivity index (χ0) is 13.9. The molecule has 1 aliphatic rings. The van der Waals surface area contributed by atoms with Crippen molar-refractivity contribution in [2.45, 2.75) is 51.6 Å². The molecule has 1 heterocycles. The third kappa shape index (κ3) is 3.38. The first-order valence-electron chi connectivity index (χ1n) is 7.21. The van der Waals surface area contributed by atoms with E-state index < -0.39 is 5.60 Å². The van der Waals surface area contributed by atoms with Crippen LogP contribution >= 0.6 is 0 Å². The molecule has 1 aromatic heterocycles. The quantitative estimate of drug-likeness (QED) is 0.781. The molecule has 0 spiro atoms. The Balaban J connectivity index is 1.93. The average molecular weight is 263 g/mol. The summed E-state index contributed by atoms with van der Waals surface area (Å²) < 4.78 is 0. The van der Waals surface area contributed by atoms with Crippen LogP contribution in [0.15, 0.2) is 12.3 Å². The van der Waals surface area contributed by atoms with Crippen molar-refractivity contribution < 1.29 is 5.11 Å². The number of nitrogen functional groups attached to an aromatic ring is 1. The SMILES string of the molecule is CCC1CCC(O)(CNc2nccc(C)c2N)CC1. The Morgan fingerprint density at radius 3 is 2.79 bits per heavy atom. The maximum atomic E-state index is 10.6. The van der Waals surface area contributed by atoms with E-state index in [0.29, 0.717) is 18.1 Å². The van der Waals surface area contributed by atoms with Crippen molar-refractivity contribution in [1.82, 2.24) is 4.98 Å². The van der Waals surface area contributed by atoms with Crippen molar-refractivity contribution in [1.29, 1.82) is 0 Å². The highest BCUT2D eigenvalue weighted by Crippen LogP contribution is 2.34. The molecule has 0 aliphatic heterocycles. The molecule has 4 N–H and O–H groups in total. The molecule has 1 saturated carbocycles. The molecule has 19 heavy (non-hydrogen) atoms. The lowest BCUT2D eigenvalue weighted by atomic mass is 9.78. The summed E-state index contributed by atoms with van der Waals surface area (Å²) in [5.74, 6) is 1.47. The summed E-state index contributed by atoms with van der Waals surface area (Å²) in [7, 11) is 0. The van der Waals surface area contributed by atoms with Gasteiger partial charge in [-0.1, -0.05) is 13.3 Å². The van der Waals surface area contributed by atoms with Crippen LogP contribution in [0.2, 0.25) is 0 Å². The molecule has 106 valence electrons. The van der Waals surface area contributed by atoms with Gasteiger partial charge in [0.15, 0.2) is 0 Å². The molecule has 4 heteroatoms. The lowest BCUT2D eigenvalue weighted by Gasteiger charge is -2.36. The van der Waals surface area contributed by atoms with Crippen molar-refractivity contribution in [2.24, 2.45) is 5.92 Å². The number of rotatable bonds is 4. The smallest absolute Gasteiger partial charge is 0.149 e. The normalized spacial score (nSPS) is 27.2. The highest BCUT2D eigenvalue weighted by atomic mass is 16.3. The number of aromatic nitrogens is 1. The number of nitrogens with one attached hydrogen (secondary N) is 1. The van der Waals surface area contributed by atoms with E-state index in [1.165, 1.54) is 6.42 Å². The topological polar surface area (TPSA) is 71.2 Å². The van der Waals surface area contributed by atoms with Gasteiger partial charge in [0.2, 0.25) is 0 Å². The van der Waals surface area contributed by atoms with Crippen LogP contribution in [0.1, 0.15) is 44.6 Å². The first-order chi connectivity index (χ1) is 9.04. The van der Waals surface area contributed by atoms with Crippen LogP contribution < -0.4 is 11.1 Å². The van der Waals surface area contributed by atoms with E-state index in [-0.39, 0.29) is 0 Å². The Bertz CT molecular complexity index is 425. The molecule has 0 amide bonds. The molecular formula is C15H25N3O. The molecule has 0 aromatic carbocycles. The number of anilines is 2. The van der Waals surface area contributed by atoms with Gasteiger partial charge >= 0.3 is 0 Å². The van der Waals surface area contributed by atoms with Crippen LogP contribution in [0.3, 0.4) is 0 Å². The summed E-state index contributed by atoms with van der Waals surface area (Å²) >= 11 is 0. The molecule has 0 radical (unpaired) electrons. The number of aliphatic hydroxyl groups is 1. The van der Waals surface area contributed by atoms with Gasteiger partial charge in [-0.2, -0.15) is 0 Å². The van der Waals surface area contributed by atoms with Gasteiger partial charge in [0, 0.05) is 12.7 Å². The molecular weight excluding hydrogens is 238 g/mol. The van der Waals surface area contributed by atoms with Gasteiger partial charge in [0.25, 0.3) is 0 Å². The second-order valence-electron chi connectivity index (χ2n) is 5.82. The zero-order valence-corrected chi connectivity index (χ0v) is 11.9. The summed E-state index contributed by atoms with van der Waals surface area (Å²) in [6, 6.07) is 1.89. The minimum Gasteiger partial charge on any atom is -0.396 e. The van der Waals surface area contributed by atoms with Crippen molar-refractivity contribution in [3.8, 4) is 0 Å². The Morgan fingerprint density at radius 2 is 2.16 bits per heavy atom. The van der Waals surface area contributed by atoms with E-state index in [4.69, 9.17) is 5.73 Å². The fourth-order valence-corrected chi connectivity index (χ4v) is 2.76. The molecule has 0 unspecified atom stereocenters. The number of nitrogens with two attached hydrogens (primary N) is 1. The summed E-state index contributed by atoms with van der Waals surface area (Å²) in [6.07, 6.45) is 6.92. The molecule has 0 bridgehead atoms. The molecule has 1 aromatic rings. The molecule has 0 atom stereocenters. The Kier molecular flexibility index (Phi) is 4.30. The first kappa shape index (κ1) is 14.1. The van der Waals surface area contributed by atoms with E-state index in [0.717, 1.165) is 37.2 Å². The monoisotopic (exact) mass is 263 g/mol. The summed E-state index contributed by atoms with van der Waals surface area (Å²) in [6.45, 7) is 4.72. The highest BCUT2D eigenvalue weighted by molar-refractivity contribution is 5.64. The molecule has 0 saturated heterocycles. The Morgan fingerprint density at radius 1 is 1.47 bits per heavy atom. The third-order valence-corrected chi connectivity index (χ3v) is 4.41. The fraction of sp³-hybridized carbons (Fsp3) is 0.667. The van der Waals surface area contributed by atoms with Crippen molar-refractivity contribution in [3.63, 3.8) is 0 Å². The molecule has 2 rings (SSSR count). The second kappa shape index (κ2) is 5.78. The van der Waals surface area contributed by atoms with Gasteiger partial charge in [0.05, 0.1) is 11.3 Å². The highest BCUT2D eigenvalue weighted by Gasteiger charge is 2.32. The van der Waals surface area contributed by atoms with Crippen LogP contribution in [-0.4, -0.2) is 22.2 Å². The average Bonchev–Trinajstić information content (AvgIpc) is 2.41. The van der Waals surface area contributed by atoms with Crippen LogP contribution in [0.5, 0.6) is 0 Å². The van der Waals surface area contributed by atoms with Gasteiger partial charge in [0.1, 0.15) is 5.82 Å². The molecule has 4 nitrogen and oxygen atoms in total. The lowest BCUT2D eigenvalue weighted by Crippen LogP contribution is -2.40. The maximum absolute atomic E-state index is 10.6. The van der Waals surface area contributed by atoms with Gasteiger partial charge < -0.3 is 16.2 Å². The summed E-state index contributed by atoms with van der Waals surface area (Å²) in [4.78, 5) is 4.24. The third-order valence-electron chi connectivity index (χ3n) is 4.41. The van der Waals surface area contributed by atoms with Crippen LogP contribution in [0.25, 0.3) is 0 Å². The van der Waals surface area contributed by atoms with Gasteiger partial charge in [-0.05, 0) is 50.2 Å². The summed E-state index contributed by atoms with van der Waals surface area (Å²) in [5, 5.41) is 13.8. The van der Waals surface area contributed by atoms with E-state index in [1.807, 2.05) is 13.0 Å². The minimum atomic E-state index is -0.608. The fourth-order valence-electron chi connectivity index (χ4n) is 2.76. The van der Waals surface area contributed by atoms with Crippen molar-refractivity contribution in [3.05, 3.63) is 17.8 Å². The Labute approximate surface area is 115 Å². The molecule has 1 fully saturated rings. The van der Waals surface area contributed by atoms with E-state index in [9.17, 15) is 5.11 Å². The van der Waals surface area contributed by atoms with E-state index in [1.54, 1.807) is 6.20 Å². The predicted octanol–water partition coefficient (Wildman–Crippen LogP) is 2.72. The van der Waals surface area contributed by atoms with Gasteiger partial charge in [-0.15, -0.1) is 0 Å². The van der Waals surface area contributed by atoms with Crippen LogP contribution in [0.4, 0.5) is 11.5 Å². The van der Waals surface area contributed by atoms with Crippen molar-refractivity contribution >= 4 is 11.5 Å². The number of pyridine rings is 1. The van der Waals surface area contributed by atoms with Crippen molar-refractivity contribution in [2.75, 3.05) is 17.6 Å². The lowest BCUT2D eigenvalue weighted by molar-refractivity contribution is 0.00224. The number of aryl methyl sites for hydroxylation is 1. The van der Waals surface area contributed by atoms with Gasteiger partial charge in [-0.25, -0.2) is 4.98 Å².